The molecular formula is C19H16ClNO4. The fourth-order valence-corrected chi connectivity index (χ4v) is 2.61. The van der Waals surface area contributed by atoms with Gasteiger partial charge in [-0.1, -0.05) is 30.7 Å². The van der Waals surface area contributed by atoms with E-state index in [2.05, 4.69) is 4.98 Å². The van der Waals surface area contributed by atoms with E-state index in [1.54, 1.807) is 36.5 Å². The highest BCUT2D eigenvalue weighted by Crippen LogP contribution is 2.28. The third-order valence-electron chi connectivity index (χ3n) is 3.78. The Labute approximate surface area is 149 Å². The smallest absolute Gasteiger partial charge is 0.372 e. The van der Waals surface area contributed by atoms with Gasteiger partial charge in [-0.05, 0) is 41.8 Å². The number of nitrogens with zero attached hydrogens (tertiary/aromatic N) is 1. The molecule has 6 heteroatoms. The summed E-state index contributed by atoms with van der Waals surface area (Å²) in [4.78, 5) is 15.4. The zero-order valence-corrected chi connectivity index (χ0v) is 14.3. The van der Waals surface area contributed by atoms with Gasteiger partial charge >= 0.3 is 5.97 Å². The van der Waals surface area contributed by atoms with Gasteiger partial charge < -0.3 is 14.3 Å². The van der Waals surface area contributed by atoms with Gasteiger partial charge in [0, 0.05) is 17.3 Å². The first-order valence-corrected chi connectivity index (χ1v) is 8.13. The van der Waals surface area contributed by atoms with E-state index < -0.39 is 5.97 Å². The highest BCUT2D eigenvalue weighted by atomic mass is 35.5. The number of rotatable bonds is 6. The largest absolute Gasteiger partial charge is 0.489 e. The number of aromatic carboxylic acids is 1. The molecule has 128 valence electrons. The fraction of sp³-hybridized carbons (Fsp3) is 0.158. The molecule has 0 aliphatic carbocycles. The minimum Gasteiger partial charge on any atom is -0.489 e. The second-order valence-electron chi connectivity index (χ2n) is 5.43. The molecule has 0 radical (unpaired) electrons. The van der Waals surface area contributed by atoms with E-state index in [0.29, 0.717) is 22.0 Å². The second kappa shape index (κ2) is 7.40. The SMILES string of the molecule is CCc1cnc(Cl)c(COc2cccc(-c3ccoc3C(=O)O)c2)c1. The van der Waals surface area contributed by atoms with Gasteiger partial charge in [-0.2, -0.15) is 0 Å². The van der Waals surface area contributed by atoms with Crippen LogP contribution in [0.5, 0.6) is 5.75 Å². The molecule has 1 N–H and O–H groups in total. The number of hydrogen-bond acceptors (Lipinski definition) is 4. The average molecular weight is 358 g/mol. The Bertz CT molecular complexity index is 904. The molecule has 2 heterocycles. The van der Waals surface area contributed by atoms with Crippen LogP contribution in [-0.2, 0) is 13.0 Å². The van der Waals surface area contributed by atoms with Crippen LogP contribution < -0.4 is 4.74 Å². The van der Waals surface area contributed by atoms with Gasteiger partial charge in [0.15, 0.2) is 0 Å². The molecule has 0 spiro atoms. The van der Waals surface area contributed by atoms with Crippen molar-refractivity contribution in [2.24, 2.45) is 0 Å². The summed E-state index contributed by atoms with van der Waals surface area (Å²) in [6, 6.07) is 10.8. The van der Waals surface area contributed by atoms with E-state index in [0.717, 1.165) is 17.5 Å². The predicted molar refractivity (Wildman–Crippen MR) is 94.1 cm³/mol. The Morgan fingerprint density at radius 1 is 1.32 bits per heavy atom. The summed E-state index contributed by atoms with van der Waals surface area (Å²) in [5.74, 6) is -0.603. The van der Waals surface area contributed by atoms with Gasteiger partial charge in [0.25, 0.3) is 0 Å². The number of aryl methyl sites for hydroxylation is 1. The Kier molecular flexibility index (Phi) is 5.05. The Morgan fingerprint density at radius 2 is 2.16 bits per heavy atom. The normalized spacial score (nSPS) is 10.6. The van der Waals surface area contributed by atoms with Crippen molar-refractivity contribution in [3.05, 3.63) is 70.9 Å². The molecule has 0 bridgehead atoms. The fourth-order valence-electron chi connectivity index (χ4n) is 2.45. The zero-order chi connectivity index (χ0) is 17.8. The first kappa shape index (κ1) is 17.0. The highest BCUT2D eigenvalue weighted by Gasteiger charge is 2.16. The predicted octanol–water partition coefficient (Wildman–Crippen LogP) is 4.83. The third kappa shape index (κ3) is 3.83. The molecule has 2 aromatic heterocycles. The number of carboxylic acid groups (broad SMARTS) is 1. The molecule has 1 aromatic carbocycles. The molecule has 0 aliphatic rings. The van der Waals surface area contributed by atoms with Gasteiger partial charge in [0.2, 0.25) is 5.76 Å². The van der Waals surface area contributed by atoms with E-state index in [1.807, 2.05) is 13.0 Å². The summed E-state index contributed by atoms with van der Waals surface area (Å²) in [5.41, 5.74) is 3.10. The number of hydrogen-bond donors (Lipinski definition) is 1. The van der Waals surface area contributed by atoms with Crippen LogP contribution in [0.25, 0.3) is 11.1 Å². The summed E-state index contributed by atoms with van der Waals surface area (Å²) in [6.45, 7) is 2.32. The van der Waals surface area contributed by atoms with Gasteiger partial charge in [0.1, 0.15) is 17.5 Å². The maximum absolute atomic E-state index is 11.2. The Morgan fingerprint density at radius 3 is 2.92 bits per heavy atom. The minimum absolute atomic E-state index is 0.0972. The first-order chi connectivity index (χ1) is 12.1. The van der Waals surface area contributed by atoms with Gasteiger partial charge in [0.05, 0.1) is 6.26 Å². The van der Waals surface area contributed by atoms with Gasteiger partial charge in [-0.25, -0.2) is 9.78 Å². The number of ether oxygens (including phenoxy) is 1. The standard InChI is InChI=1S/C19H16ClNO4/c1-2-12-8-14(18(20)21-10-12)11-25-15-5-3-4-13(9-15)16-6-7-24-17(16)19(22)23/h3-10H,2,11H2,1H3,(H,22,23). The number of furan rings is 1. The quantitative estimate of drug-likeness (QED) is 0.639. The number of pyridine rings is 1. The molecule has 3 rings (SSSR count). The molecule has 0 amide bonds. The van der Waals surface area contributed by atoms with Crippen molar-refractivity contribution in [2.75, 3.05) is 0 Å². The zero-order valence-electron chi connectivity index (χ0n) is 13.5. The maximum Gasteiger partial charge on any atom is 0.372 e. The Hall–Kier alpha value is -2.79. The molecule has 0 aliphatic heterocycles. The van der Waals surface area contributed by atoms with Crippen LogP contribution in [0.2, 0.25) is 5.15 Å². The summed E-state index contributed by atoms with van der Waals surface area (Å²) in [6.07, 6.45) is 3.97. The van der Waals surface area contributed by atoms with Crippen LogP contribution in [0.1, 0.15) is 28.6 Å². The van der Waals surface area contributed by atoms with Crippen LogP contribution >= 0.6 is 11.6 Å². The van der Waals surface area contributed by atoms with Crippen LogP contribution in [0.15, 0.2) is 53.3 Å². The van der Waals surface area contributed by atoms with Crippen molar-refractivity contribution in [1.29, 1.82) is 0 Å². The molecule has 25 heavy (non-hydrogen) atoms. The topological polar surface area (TPSA) is 72.6 Å². The van der Waals surface area contributed by atoms with E-state index >= 15 is 0 Å². The molecule has 3 aromatic rings. The van der Waals surface area contributed by atoms with Crippen molar-refractivity contribution < 1.29 is 19.1 Å². The van der Waals surface area contributed by atoms with Crippen LogP contribution in [0.3, 0.4) is 0 Å². The third-order valence-corrected chi connectivity index (χ3v) is 4.12. The van der Waals surface area contributed by atoms with E-state index in [1.165, 1.54) is 6.26 Å². The molecule has 5 nitrogen and oxygen atoms in total. The summed E-state index contributed by atoms with van der Waals surface area (Å²) in [7, 11) is 0. The number of carboxylic acids is 1. The number of carbonyl (C=O) groups is 1. The lowest BCUT2D eigenvalue weighted by atomic mass is 10.1. The lowest BCUT2D eigenvalue weighted by Gasteiger charge is -2.10. The molecule has 0 atom stereocenters. The molecular weight excluding hydrogens is 342 g/mol. The number of benzene rings is 1. The van der Waals surface area contributed by atoms with E-state index in [9.17, 15) is 9.90 Å². The van der Waals surface area contributed by atoms with Crippen molar-refractivity contribution in [3.63, 3.8) is 0 Å². The number of halogens is 1. The minimum atomic E-state index is -1.11. The van der Waals surface area contributed by atoms with Crippen molar-refractivity contribution in [3.8, 4) is 16.9 Å². The monoisotopic (exact) mass is 357 g/mol. The van der Waals surface area contributed by atoms with Crippen LogP contribution in [-0.4, -0.2) is 16.1 Å². The van der Waals surface area contributed by atoms with Crippen molar-refractivity contribution >= 4 is 17.6 Å². The van der Waals surface area contributed by atoms with Gasteiger partial charge in [-0.3, -0.25) is 0 Å². The summed E-state index contributed by atoms with van der Waals surface area (Å²) in [5, 5.41) is 9.58. The number of aromatic nitrogens is 1. The average Bonchev–Trinajstić information content (AvgIpc) is 3.11. The molecule has 0 saturated heterocycles. The van der Waals surface area contributed by atoms with E-state index in [-0.39, 0.29) is 12.4 Å². The van der Waals surface area contributed by atoms with Crippen LogP contribution in [0.4, 0.5) is 0 Å². The molecule has 0 fully saturated rings. The maximum atomic E-state index is 11.2. The van der Waals surface area contributed by atoms with Crippen molar-refractivity contribution in [2.45, 2.75) is 20.0 Å². The van der Waals surface area contributed by atoms with Crippen LogP contribution in [0, 0.1) is 0 Å². The first-order valence-electron chi connectivity index (χ1n) is 7.75. The summed E-state index contributed by atoms with van der Waals surface area (Å²) >= 11 is 6.12. The highest BCUT2D eigenvalue weighted by molar-refractivity contribution is 6.30. The second-order valence-corrected chi connectivity index (χ2v) is 5.79. The van der Waals surface area contributed by atoms with Gasteiger partial charge in [-0.15, -0.1) is 0 Å². The summed E-state index contributed by atoms with van der Waals surface area (Å²) < 4.78 is 10.8. The lowest BCUT2D eigenvalue weighted by Crippen LogP contribution is -2.00. The Balaban J connectivity index is 1.81. The molecule has 0 saturated carbocycles. The molecule has 0 unspecified atom stereocenters. The lowest BCUT2D eigenvalue weighted by molar-refractivity contribution is 0.0663. The van der Waals surface area contributed by atoms with E-state index in [4.69, 9.17) is 20.8 Å². The van der Waals surface area contributed by atoms with Crippen molar-refractivity contribution in [1.82, 2.24) is 4.98 Å².